The second kappa shape index (κ2) is 7.77. The van der Waals surface area contributed by atoms with Gasteiger partial charge in [-0.25, -0.2) is 0 Å². The smallest absolute Gasteiger partial charge is 0.0947 e. The van der Waals surface area contributed by atoms with Crippen molar-refractivity contribution in [1.82, 2.24) is 5.32 Å². The molecule has 0 aliphatic heterocycles. The Morgan fingerprint density at radius 2 is 1.60 bits per heavy atom. The third-order valence-corrected chi connectivity index (χ3v) is 6.48. The summed E-state index contributed by atoms with van der Waals surface area (Å²) in [6, 6.07) is 0. The maximum atomic E-state index is 11.0. The molecular formula is C17H38N2O. The van der Waals surface area contributed by atoms with Crippen LogP contribution in [0.3, 0.4) is 0 Å². The lowest BCUT2D eigenvalue weighted by Crippen LogP contribution is -2.67. The summed E-state index contributed by atoms with van der Waals surface area (Å²) in [4.78, 5) is 0. The lowest BCUT2D eigenvalue weighted by molar-refractivity contribution is -0.0777. The van der Waals surface area contributed by atoms with Crippen molar-refractivity contribution in [3.63, 3.8) is 0 Å². The van der Waals surface area contributed by atoms with Crippen LogP contribution in [0.5, 0.6) is 0 Å². The van der Waals surface area contributed by atoms with Gasteiger partial charge < -0.3 is 16.2 Å². The largest absolute Gasteiger partial charge is 0.387 e. The first-order valence-corrected chi connectivity index (χ1v) is 8.26. The monoisotopic (exact) mass is 286 g/mol. The van der Waals surface area contributed by atoms with Gasteiger partial charge >= 0.3 is 0 Å². The number of likely N-dealkylation sites (N-methyl/N-ethyl adjacent to an activating group) is 1. The van der Waals surface area contributed by atoms with Gasteiger partial charge in [-0.15, -0.1) is 0 Å². The highest BCUT2D eigenvalue weighted by Crippen LogP contribution is 2.40. The van der Waals surface area contributed by atoms with E-state index in [1.54, 1.807) is 0 Å². The average Bonchev–Trinajstić information content (AvgIpc) is 2.49. The molecule has 0 aliphatic rings. The first kappa shape index (κ1) is 19.9. The van der Waals surface area contributed by atoms with Crippen molar-refractivity contribution in [2.24, 2.45) is 29.4 Å². The molecule has 0 aromatic heterocycles. The SMILES string of the molecule is CCC(C)C(C)C(C)C(C)C(C)(NC)C(O)(CC)CN. The summed E-state index contributed by atoms with van der Waals surface area (Å²) in [5.41, 5.74) is 4.64. The summed E-state index contributed by atoms with van der Waals surface area (Å²) in [5, 5.41) is 14.3. The van der Waals surface area contributed by atoms with Crippen molar-refractivity contribution in [1.29, 1.82) is 0 Å². The van der Waals surface area contributed by atoms with Gasteiger partial charge in [0.15, 0.2) is 0 Å². The summed E-state index contributed by atoms with van der Waals surface area (Å²) in [5.74, 6) is 2.18. The molecule has 122 valence electrons. The average molecular weight is 287 g/mol. The van der Waals surface area contributed by atoms with Crippen molar-refractivity contribution in [2.75, 3.05) is 13.6 Å². The first-order chi connectivity index (χ1) is 9.15. The quantitative estimate of drug-likeness (QED) is 0.610. The molecule has 3 nitrogen and oxygen atoms in total. The molecule has 0 radical (unpaired) electrons. The van der Waals surface area contributed by atoms with Crippen molar-refractivity contribution >= 4 is 0 Å². The van der Waals surface area contributed by atoms with Gasteiger partial charge in [0.05, 0.1) is 5.60 Å². The zero-order chi connectivity index (χ0) is 16.1. The molecule has 0 heterocycles. The Morgan fingerprint density at radius 1 is 1.10 bits per heavy atom. The number of nitrogens with two attached hydrogens (primary N) is 1. The van der Waals surface area contributed by atoms with Gasteiger partial charge in [-0.2, -0.15) is 0 Å². The van der Waals surface area contributed by atoms with Crippen LogP contribution in [-0.4, -0.2) is 29.8 Å². The number of hydrogen-bond acceptors (Lipinski definition) is 3. The third kappa shape index (κ3) is 3.55. The molecule has 0 aliphatic carbocycles. The van der Waals surface area contributed by atoms with Gasteiger partial charge in [-0.05, 0) is 44.1 Å². The maximum absolute atomic E-state index is 11.0. The Balaban J connectivity index is 5.33. The van der Waals surface area contributed by atoms with E-state index >= 15 is 0 Å². The molecule has 0 amide bonds. The van der Waals surface area contributed by atoms with Gasteiger partial charge in [0.2, 0.25) is 0 Å². The summed E-state index contributed by atoms with van der Waals surface area (Å²) in [6.45, 7) is 15.9. The first-order valence-electron chi connectivity index (χ1n) is 8.26. The molecule has 6 atom stereocenters. The summed E-state index contributed by atoms with van der Waals surface area (Å²) < 4.78 is 0. The molecule has 20 heavy (non-hydrogen) atoms. The Bertz CT molecular complexity index is 278. The molecule has 6 unspecified atom stereocenters. The predicted octanol–water partition coefficient (Wildman–Crippen LogP) is 3.02. The van der Waals surface area contributed by atoms with E-state index in [2.05, 4.69) is 46.9 Å². The summed E-state index contributed by atoms with van der Waals surface area (Å²) in [7, 11) is 1.94. The molecule has 0 saturated carbocycles. The highest BCUT2D eigenvalue weighted by molar-refractivity contribution is 5.06. The Kier molecular flexibility index (Phi) is 7.72. The predicted molar refractivity (Wildman–Crippen MR) is 88.7 cm³/mol. The van der Waals surface area contributed by atoms with Crippen LogP contribution in [0.2, 0.25) is 0 Å². The summed E-state index contributed by atoms with van der Waals surface area (Å²) >= 11 is 0. The standard InChI is InChI=1S/C17H38N2O/c1-9-12(3)13(4)14(5)15(6)16(7,19-8)17(20,10-2)11-18/h12-15,19-20H,9-11,18H2,1-8H3. The highest BCUT2D eigenvalue weighted by Gasteiger charge is 2.49. The fraction of sp³-hybridized carbons (Fsp3) is 1.00. The van der Waals surface area contributed by atoms with E-state index in [1.165, 1.54) is 6.42 Å². The Labute approximate surface area is 126 Å². The van der Waals surface area contributed by atoms with Crippen molar-refractivity contribution in [3.8, 4) is 0 Å². The zero-order valence-corrected chi connectivity index (χ0v) is 15.0. The summed E-state index contributed by atoms with van der Waals surface area (Å²) in [6.07, 6.45) is 1.86. The number of nitrogens with one attached hydrogen (secondary N) is 1. The van der Waals surface area contributed by atoms with E-state index in [9.17, 15) is 5.11 Å². The highest BCUT2D eigenvalue weighted by atomic mass is 16.3. The molecule has 4 N–H and O–H groups in total. The van der Waals surface area contributed by atoms with Crippen LogP contribution in [0.15, 0.2) is 0 Å². The van der Waals surface area contributed by atoms with Gasteiger partial charge in [0, 0.05) is 12.1 Å². The van der Waals surface area contributed by atoms with E-state index < -0.39 is 5.60 Å². The van der Waals surface area contributed by atoms with Crippen LogP contribution >= 0.6 is 0 Å². The topological polar surface area (TPSA) is 58.3 Å². The third-order valence-electron chi connectivity index (χ3n) is 6.48. The van der Waals surface area contributed by atoms with Gasteiger partial charge in [0.25, 0.3) is 0 Å². The van der Waals surface area contributed by atoms with Gasteiger partial charge in [-0.3, -0.25) is 0 Å². The molecule has 3 heteroatoms. The van der Waals surface area contributed by atoms with E-state index in [-0.39, 0.29) is 12.1 Å². The molecule has 0 fully saturated rings. The normalized spacial score (nSPS) is 24.3. The van der Waals surface area contributed by atoms with Crippen LogP contribution < -0.4 is 11.1 Å². The Morgan fingerprint density at radius 3 is 1.90 bits per heavy atom. The van der Waals surface area contributed by atoms with Crippen molar-refractivity contribution in [2.45, 2.75) is 72.4 Å². The second-order valence-corrected chi connectivity index (χ2v) is 6.93. The molecule has 0 spiro atoms. The number of aliphatic hydroxyl groups is 1. The van der Waals surface area contributed by atoms with Gasteiger partial charge in [0.1, 0.15) is 0 Å². The van der Waals surface area contributed by atoms with E-state index in [0.29, 0.717) is 30.1 Å². The number of rotatable bonds is 9. The van der Waals surface area contributed by atoms with Crippen LogP contribution in [0.25, 0.3) is 0 Å². The zero-order valence-electron chi connectivity index (χ0n) is 15.0. The lowest BCUT2D eigenvalue weighted by atomic mass is 9.63. The maximum Gasteiger partial charge on any atom is 0.0947 e. The fourth-order valence-electron chi connectivity index (χ4n) is 3.48. The molecule has 0 saturated heterocycles. The minimum Gasteiger partial charge on any atom is -0.387 e. The minimum absolute atomic E-state index is 0.287. The number of hydrogen-bond donors (Lipinski definition) is 3. The Hall–Kier alpha value is -0.120. The van der Waals surface area contributed by atoms with Crippen LogP contribution in [-0.2, 0) is 0 Å². The van der Waals surface area contributed by atoms with Crippen molar-refractivity contribution < 1.29 is 5.11 Å². The molecular weight excluding hydrogens is 248 g/mol. The van der Waals surface area contributed by atoms with Crippen LogP contribution in [0.4, 0.5) is 0 Å². The lowest BCUT2D eigenvalue weighted by Gasteiger charge is -2.51. The van der Waals surface area contributed by atoms with Gasteiger partial charge in [-0.1, -0.05) is 48.0 Å². The van der Waals surface area contributed by atoms with Crippen LogP contribution in [0, 0.1) is 23.7 Å². The minimum atomic E-state index is -0.870. The fourth-order valence-corrected chi connectivity index (χ4v) is 3.48. The van der Waals surface area contributed by atoms with E-state index in [4.69, 9.17) is 5.73 Å². The van der Waals surface area contributed by atoms with E-state index in [1.807, 2.05) is 14.0 Å². The second-order valence-electron chi connectivity index (χ2n) is 6.93. The molecule has 0 rings (SSSR count). The molecule has 0 bridgehead atoms. The molecule has 0 aromatic rings. The van der Waals surface area contributed by atoms with E-state index in [0.717, 1.165) is 0 Å². The molecule has 0 aromatic carbocycles. The van der Waals surface area contributed by atoms with Crippen molar-refractivity contribution in [3.05, 3.63) is 0 Å². The van der Waals surface area contributed by atoms with Crippen LogP contribution in [0.1, 0.15) is 61.3 Å².